The molecule has 4 nitrogen and oxygen atoms in total. The fraction of sp³-hybridized carbons (Fsp3) is 0. The predicted molar refractivity (Wildman–Crippen MR) is 134 cm³/mol. The summed E-state index contributed by atoms with van der Waals surface area (Å²) in [6, 6.07) is 37.5. The molecule has 0 aliphatic rings. The summed E-state index contributed by atoms with van der Waals surface area (Å²) in [5, 5.41) is 19.2. The van der Waals surface area contributed by atoms with Gasteiger partial charge in [0.15, 0.2) is 5.82 Å². The van der Waals surface area contributed by atoms with Crippen LogP contribution >= 0.6 is 0 Å². The van der Waals surface area contributed by atoms with Gasteiger partial charge >= 0.3 is 7.12 Å². The van der Waals surface area contributed by atoms with Gasteiger partial charge in [-0.05, 0) is 28.2 Å². The van der Waals surface area contributed by atoms with E-state index in [-0.39, 0.29) is 0 Å². The fourth-order valence-electron chi connectivity index (χ4n) is 3.78. The number of nitrogens with zero attached hydrogens (tertiary/aromatic N) is 2. The maximum absolute atomic E-state index is 9.60. The normalized spacial score (nSPS) is 10.7. The van der Waals surface area contributed by atoms with Gasteiger partial charge in [0.1, 0.15) is 0 Å². The van der Waals surface area contributed by atoms with Crippen LogP contribution in [0.4, 0.5) is 0 Å². The van der Waals surface area contributed by atoms with Gasteiger partial charge in [-0.3, -0.25) is 0 Å². The lowest BCUT2D eigenvalue weighted by atomic mass is 9.79. The van der Waals surface area contributed by atoms with Crippen molar-refractivity contribution in [1.82, 2.24) is 9.97 Å². The first kappa shape index (κ1) is 20.8. The molecule has 5 heteroatoms. The second-order valence-corrected chi connectivity index (χ2v) is 7.77. The first-order valence-electron chi connectivity index (χ1n) is 10.7. The molecule has 5 aromatic rings. The van der Waals surface area contributed by atoms with Crippen LogP contribution in [0, 0.1) is 0 Å². The summed E-state index contributed by atoms with van der Waals surface area (Å²) < 4.78 is 0. The third-order valence-electron chi connectivity index (χ3n) is 5.53. The summed E-state index contributed by atoms with van der Waals surface area (Å²) in [5.74, 6) is 0.616. The highest BCUT2D eigenvalue weighted by atomic mass is 16.4. The Hall–Kier alpha value is -4.06. The third-order valence-corrected chi connectivity index (χ3v) is 5.53. The summed E-state index contributed by atoms with van der Waals surface area (Å²) in [4.78, 5) is 9.64. The van der Waals surface area contributed by atoms with E-state index in [1.165, 1.54) is 0 Å². The van der Waals surface area contributed by atoms with Gasteiger partial charge < -0.3 is 10.0 Å². The summed E-state index contributed by atoms with van der Waals surface area (Å²) in [6.07, 6.45) is 0. The van der Waals surface area contributed by atoms with Crippen molar-refractivity contribution in [1.29, 1.82) is 0 Å². The minimum Gasteiger partial charge on any atom is -0.423 e. The highest BCUT2D eigenvalue weighted by Gasteiger charge is 2.14. The molecule has 1 heterocycles. The molecule has 0 amide bonds. The van der Waals surface area contributed by atoms with Crippen LogP contribution in [0.3, 0.4) is 0 Å². The van der Waals surface area contributed by atoms with Crippen molar-refractivity contribution in [2.24, 2.45) is 0 Å². The Morgan fingerprint density at radius 2 is 0.970 bits per heavy atom. The third kappa shape index (κ3) is 4.60. The Bertz CT molecular complexity index is 1370. The van der Waals surface area contributed by atoms with Crippen molar-refractivity contribution < 1.29 is 10.0 Å². The summed E-state index contributed by atoms with van der Waals surface area (Å²) in [6.45, 7) is 0. The van der Waals surface area contributed by atoms with E-state index in [9.17, 15) is 10.0 Å². The minimum absolute atomic E-state index is 0.418. The van der Waals surface area contributed by atoms with Crippen LogP contribution in [0.5, 0.6) is 0 Å². The molecule has 0 radical (unpaired) electrons. The van der Waals surface area contributed by atoms with Gasteiger partial charge in [-0.15, -0.1) is 0 Å². The van der Waals surface area contributed by atoms with Crippen LogP contribution in [0.2, 0.25) is 0 Å². The predicted octanol–water partition coefficient (Wildman–Crippen LogP) is 4.82. The fourth-order valence-corrected chi connectivity index (χ4v) is 3.78. The molecule has 0 fully saturated rings. The number of aromatic nitrogens is 2. The molecule has 0 spiro atoms. The quantitative estimate of drug-likeness (QED) is 0.394. The second-order valence-electron chi connectivity index (χ2n) is 7.77. The summed E-state index contributed by atoms with van der Waals surface area (Å²) in [5.41, 5.74) is 6.93. The van der Waals surface area contributed by atoms with Crippen LogP contribution in [-0.4, -0.2) is 27.1 Å². The molecule has 1 aromatic heterocycles. The van der Waals surface area contributed by atoms with E-state index >= 15 is 0 Å². The monoisotopic (exact) mass is 428 g/mol. The molecule has 33 heavy (non-hydrogen) atoms. The highest BCUT2D eigenvalue weighted by molar-refractivity contribution is 6.58. The Labute approximate surface area is 193 Å². The summed E-state index contributed by atoms with van der Waals surface area (Å²) >= 11 is 0. The van der Waals surface area contributed by atoms with Crippen molar-refractivity contribution in [3.8, 4) is 45.0 Å². The van der Waals surface area contributed by atoms with Crippen LogP contribution in [0.1, 0.15) is 0 Å². The maximum atomic E-state index is 9.60. The lowest BCUT2D eigenvalue weighted by Gasteiger charge is -2.11. The molecule has 0 aliphatic carbocycles. The van der Waals surface area contributed by atoms with E-state index in [0.29, 0.717) is 17.0 Å². The molecule has 0 unspecified atom stereocenters. The van der Waals surface area contributed by atoms with Gasteiger partial charge in [0.2, 0.25) is 0 Å². The Morgan fingerprint density at radius 3 is 1.61 bits per heavy atom. The van der Waals surface area contributed by atoms with E-state index in [0.717, 1.165) is 33.5 Å². The van der Waals surface area contributed by atoms with Crippen LogP contribution in [0.25, 0.3) is 45.0 Å². The SMILES string of the molecule is OB(O)c1cccc(-c2cc(-c3ccc(-c4ccccc4)cc3)nc(-c3ccccc3)n2)c1. The van der Waals surface area contributed by atoms with Crippen LogP contribution in [0.15, 0.2) is 115 Å². The standard InChI is InChI=1S/C28H21BN2O2/c32-29(33)25-13-7-12-24(18-25)27-19-26(30-28(31-27)23-10-5-2-6-11-23)22-16-14-21(15-17-22)20-8-3-1-4-9-20/h1-19,32-33H. The van der Waals surface area contributed by atoms with Crippen LogP contribution < -0.4 is 5.46 Å². The Morgan fingerprint density at radius 1 is 0.455 bits per heavy atom. The molecule has 158 valence electrons. The van der Waals surface area contributed by atoms with Gasteiger partial charge in [0, 0.05) is 11.1 Å². The molecule has 0 bridgehead atoms. The average Bonchev–Trinajstić information content (AvgIpc) is 2.89. The van der Waals surface area contributed by atoms with Crippen molar-refractivity contribution in [3.05, 3.63) is 115 Å². The summed E-state index contributed by atoms with van der Waals surface area (Å²) in [7, 11) is -1.54. The zero-order chi connectivity index (χ0) is 22.6. The second kappa shape index (κ2) is 9.21. The lowest BCUT2D eigenvalue weighted by molar-refractivity contribution is 0.426. The van der Waals surface area contributed by atoms with Crippen LogP contribution in [-0.2, 0) is 0 Å². The van der Waals surface area contributed by atoms with Gasteiger partial charge in [-0.2, -0.15) is 0 Å². The maximum Gasteiger partial charge on any atom is 0.488 e. The molecule has 0 atom stereocenters. The van der Waals surface area contributed by atoms with Gasteiger partial charge in [0.05, 0.1) is 11.4 Å². The van der Waals surface area contributed by atoms with Gasteiger partial charge in [-0.1, -0.05) is 109 Å². The molecular weight excluding hydrogens is 407 g/mol. The first-order chi connectivity index (χ1) is 16.2. The minimum atomic E-state index is -1.54. The van der Waals surface area contributed by atoms with E-state index < -0.39 is 7.12 Å². The Balaban J connectivity index is 1.61. The van der Waals surface area contributed by atoms with Crippen molar-refractivity contribution >= 4 is 12.6 Å². The number of hydrogen-bond acceptors (Lipinski definition) is 4. The molecule has 2 N–H and O–H groups in total. The number of rotatable bonds is 5. The first-order valence-corrected chi connectivity index (χ1v) is 10.7. The average molecular weight is 428 g/mol. The molecular formula is C28H21BN2O2. The van der Waals surface area contributed by atoms with Gasteiger partial charge in [-0.25, -0.2) is 9.97 Å². The van der Waals surface area contributed by atoms with Gasteiger partial charge in [0.25, 0.3) is 0 Å². The number of benzene rings is 4. The van der Waals surface area contributed by atoms with Crippen molar-refractivity contribution in [3.63, 3.8) is 0 Å². The Kier molecular flexibility index (Phi) is 5.81. The number of hydrogen-bond donors (Lipinski definition) is 2. The van der Waals surface area contributed by atoms with Crippen molar-refractivity contribution in [2.75, 3.05) is 0 Å². The molecule has 4 aromatic carbocycles. The largest absolute Gasteiger partial charge is 0.488 e. The molecule has 0 saturated carbocycles. The lowest BCUT2D eigenvalue weighted by Crippen LogP contribution is -2.29. The molecule has 0 saturated heterocycles. The van der Waals surface area contributed by atoms with Crippen molar-refractivity contribution in [2.45, 2.75) is 0 Å². The molecule has 5 rings (SSSR count). The van der Waals surface area contributed by atoms with E-state index in [4.69, 9.17) is 9.97 Å². The smallest absolute Gasteiger partial charge is 0.423 e. The van der Waals surface area contributed by atoms with E-state index in [1.54, 1.807) is 18.2 Å². The van der Waals surface area contributed by atoms with E-state index in [1.807, 2.05) is 60.7 Å². The van der Waals surface area contributed by atoms with E-state index in [2.05, 4.69) is 36.4 Å². The topological polar surface area (TPSA) is 66.2 Å². The molecule has 0 aliphatic heterocycles. The zero-order valence-corrected chi connectivity index (χ0v) is 17.8. The highest BCUT2D eigenvalue weighted by Crippen LogP contribution is 2.29. The zero-order valence-electron chi connectivity index (χ0n) is 17.8.